The number of rotatable bonds is 6. The van der Waals surface area contributed by atoms with E-state index in [4.69, 9.17) is 9.47 Å². The number of benzene rings is 1. The van der Waals surface area contributed by atoms with E-state index in [1.807, 2.05) is 6.08 Å². The van der Waals surface area contributed by atoms with Crippen LogP contribution in [0.4, 0.5) is 0 Å². The highest BCUT2D eigenvalue weighted by atomic mass is 16.5. The van der Waals surface area contributed by atoms with E-state index >= 15 is 0 Å². The molecule has 0 aliphatic carbocycles. The van der Waals surface area contributed by atoms with Crippen LogP contribution in [0.3, 0.4) is 0 Å². The summed E-state index contributed by atoms with van der Waals surface area (Å²) in [6.07, 6.45) is 7.11. The van der Waals surface area contributed by atoms with Gasteiger partial charge in [0.25, 0.3) is 5.91 Å². The van der Waals surface area contributed by atoms with Crippen LogP contribution < -0.4 is 14.8 Å². The molecule has 2 amide bonds. The van der Waals surface area contributed by atoms with Gasteiger partial charge in [-0.3, -0.25) is 9.59 Å². The minimum atomic E-state index is -1.00. The maximum Gasteiger partial charge on any atom is 0.250 e. The van der Waals surface area contributed by atoms with Gasteiger partial charge in [0.1, 0.15) is 29.5 Å². The SMILES string of the molecule is COc1ccc(OCCNC(=O)C2(C)CC(=O)N=C3C=CC=CN32)cc1. The molecule has 0 radical (unpaired) electrons. The Morgan fingerprint density at radius 2 is 2.00 bits per heavy atom. The van der Waals surface area contributed by atoms with Crippen LogP contribution in [0.2, 0.25) is 0 Å². The molecule has 7 nitrogen and oxygen atoms in total. The number of methoxy groups -OCH3 is 1. The molecule has 2 aliphatic rings. The van der Waals surface area contributed by atoms with Crippen molar-refractivity contribution >= 4 is 17.6 Å². The number of fused-ring (bicyclic) bond motifs is 1. The number of aliphatic imine (C=N–C) groups is 1. The quantitative estimate of drug-likeness (QED) is 0.785. The van der Waals surface area contributed by atoms with Crippen LogP contribution in [0.15, 0.2) is 53.7 Å². The Morgan fingerprint density at radius 3 is 2.73 bits per heavy atom. The smallest absolute Gasteiger partial charge is 0.250 e. The number of carbonyl (C=O) groups is 2. The Balaban J connectivity index is 1.55. The number of allylic oxidation sites excluding steroid dienone is 2. The largest absolute Gasteiger partial charge is 0.497 e. The molecule has 26 heavy (non-hydrogen) atoms. The van der Waals surface area contributed by atoms with Gasteiger partial charge in [-0.15, -0.1) is 0 Å². The van der Waals surface area contributed by atoms with Crippen molar-refractivity contribution in [3.8, 4) is 11.5 Å². The van der Waals surface area contributed by atoms with Gasteiger partial charge >= 0.3 is 0 Å². The van der Waals surface area contributed by atoms with Gasteiger partial charge in [0, 0.05) is 6.20 Å². The van der Waals surface area contributed by atoms with Crippen molar-refractivity contribution in [3.05, 3.63) is 48.7 Å². The highest BCUT2D eigenvalue weighted by molar-refractivity contribution is 6.09. The first-order valence-corrected chi connectivity index (χ1v) is 8.34. The lowest BCUT2D eigenvalue weighted by Gasteiger charge is -2.41. The fourth-order valence-corrected chi connectivity index (χ4v) is 2.87. The third-order valence-electron chi connectivity index (χ3n) is 4.31. The van der Waals surface area contributed by atoms with Crippen molar-refractivity contribution in [1.82, 2.24) is 10.2 Å². The van der Waals surface area contributed by atoms with E-state index in [2.05, 4.69) is 10.3 Å². The Hall–Kier alpha value is -3.09. The molecule has 2 heterocycles. The predicted octanol–water partition coefficient (Wildman–Crippen LogP) is 1.66. The number of amidine groups is 1. The molecule has 2 aliphatic heterocycles. The third kappa shape index (κ3) is 3.61. The number of nitrogens with one attached hydrogen (secondary N) is 1. The maximum atomic E-state index is 12.7. The van der Waals surface area contributed by atoms with E-state index < -0.39 is 5.54 Å². The molecule has 1 N–H and O–H groups in total. The molecule has 0 bridgehead atoms. The Morgan fingerprint density at radius 1 is 1.27 bits per heavy atom. The molecular weight excluding hydrogens is 334 g/mol. The summed E-state index contributed by atoms with van der Waals surface area (Å²) in [6, 6.07) is 7.21. The van der Waals surface area contributed by atoms with Gasteiger partial charge in [-0.2, -0.15) is 4.99 Å². The van der Waals surface area contributed by atoms with Crippen LogP contribution >= 0.6 is 0 Å². The molecule has 0 saturated carbocycles. The second-order valence-electron chi connectivity index (χ2n) is 6.16. The van der Waals surface area contributed by atoms with Crippen LogP contribution in [0.5, 0.6) is 11.5 Å². The van der Waals surface area contributed by atoms with Crippen LogP contribution in [0.25, 0.3) is 0 Å². The zero-order valence-electron chi connectivity index (χ0n) is 14.8. The molecule has 3 rings (SSSR count). The number of hydrogen-bond acceptors (Lipinski definition) is 5. The van der Waals surface area contributed by atoms with E-state index in [1.165, 1.54) is 0 Å². The van der Waals surface area contributed by atoms with E-state index in [9.17, 15) is 9.59 Å². The van der Waals surface area contributed by atoms with Gasteiger partial charge in [0.05, 0.1) is 20.1 Å². The van der Waals surface area contributed by atoms with Crippen molar-refractivity contribution in [2.45, 2.75) is 18.9 Å². The normalized spacial score (nSPS) is 21.1. The Kier molecular flexibility index (Phi) is 5.06. The first kappa shape index (κ1) is 17.7. The highest BCUT2D eigenvalue weighted by Crippen LogP contribution is 2.28. The topological polar surface area (TPSA) is 80.2 Å². The summed E-state index contributed by atoms with van der Waals surface area (Å²) >= 11 is 0. The minimum absolute atomic E-state index is 0.0276. The zero-order chi connectivity index (χ0) is 18.6. The average molecular weight is 355 g/mol. The maximum absolute atomic E-state index is 12.7. The molecule has 1 aromatic carbocycles. The molecule has 136 valence electrons. The van der Waals surface area contributed by atoms with Crippen LogP contribution in [0.1, 0.15) is 13.3 Å². The van der Waals surface area contributed by atoms with Gasteiger partial charge in [-0.1, -0.05) is 6.08 Å². The zero-order valence-corrected chi connectivity index (χ0v) is 14.8. The summed E-state index contributed by atoms with van der Waals surface area (Å²) in [7, 11) is 1.60. The van der Waals surface area contributed by atoms with Gasteiger partial charge in [0.15, 0.2) is 0 Å². The lowest BCUT2D eigenvalue weighted by molar-refractivity contribution is -0.134. The van der Waals surface area contributed by atoms with Crippen LogP contribution in [0, 0.1) is 0 Å². The monoisotopic (exact) mass is 355 g/mol. The Bertz CT molecular complexity index is 782. The highest BCUT2D eigenvalue weighted by Gasteiger charge is 2.44. The third-order valence-corrected chi connectivity index (χ3v) is 4.31. The number of hydrogen-bond donors (Lipinski definition) is 1. The van der Waals surface area contributed by atoms with Gasteiger partial charge in [0.2, 0.25) is 5.91 Å². The predicted molar refractivity (Wildman–Crippen MR) is 97.1 cm³/mol. The van der Waals surface area contributed by atoms with E-state index in [0.29, 0.717) is 24.7 Å². The van der Waals surface area contributed by atoms with Gasteiger partial charge in [-0.25, -0.2) is 0 Å². The Labute approximate surface area is 152 Å². The van der Waals surface area contributed by atoms with E-state index in [-0.39, 0.29) is 18.2 Å². The number of amides is 2. The number of ether oxygens (including phenoxy) is 2. The first-order chi connectivity index (χ1) is 12.5. The molecule has 1 aromatic rings. The summed E-state index contributed by atoms with van der Waals surface area (Å²) < 4.78 is 10.7. The molecule has 0 fully saturated rings. The minimum Gasteiger partial charge on any atom is -0.497 e. The fourth-order valence-electron chi connectivity index (χ4n) is 2.87. The molecule has 0 spiro atoms. The molecule has 0 saturated heterocycles. The van der Waals surface area contributed by atoms with Crippen molar-refractivity contribution < 1.29 is 19.1 Å². The molecule has 1 unspecified atom stereocenters. The lowest BCUT2D eigenvalue weighted by Crippen LogP contribution is -2.60. The standard InChI is InChI=1S/C19H21N3O4/c1-19(13-17(23)21-16-5-3-4-11-22(16)19)18(24)20-10-12-26-15-8-6-14(25-2)7-9-15/h3-9,11H,10,12-13H2,1-2H3,(H,20,24). The first-order valence-electron chi connectivity index (χ1n) is 8.34. The fraction of sp³-hybridized carbons (Fsp3) is 0.316. The van der Waals surface area contributed by atoms with Gasteiger partial charge in [-0.05, 0) is 43.3 Å². The van der Waals surface area contributed by atoms with Crippen LogP contribution in [-0.4, -0.2) is 48.4 Å². The van der Waals surface area contributed by atoms with Gasteiger partial charge < -0.3 is 19.7 Å². The summed E-state index contributed by atoms with van der Waals surface area (Å²) in [5.41, 5.74) is -1.00. The summed E-state index contributed by atoms with van der Waals surface area (Å²) in [6.45, 7) is 2.38. The summed E-state index contributed by atoms with van der Waals surface area (Å²) in [5.74, 6) is 1.38. The van der Waals surface area contributed by atoms with Crippen LogP contribution in [-0.2, 0) is 9.59 Å². The van der Waals surface area contributed by atoms with Crippen molar-refractivity contribution in [2.24, 2.45) is 4.99 Å². The number of carbonyl (C=O) groups excluding carboxylic acids is 2. The van der Waals surface area contributed by atoms with E-state index in [1.54, 1.807) is 61.6 Å². The molecule has 1 atom stereocenters. The van der Waals surface area contributed by atoms with Crippen molar-refractivity contribution in [2.75, 3.05) is 20.3 Å². The second-order valence-corrected chi connectivity index (χ2v) is 6.16. The second kappa shape index (κ2) is 7.43. The van der Waals surface area contributed by atoms with Crippen molar-refractivity contribution in [1.29, 1.82) is 0 Å². The molecule has 7 heteroatoms. The lowest BCUT2D eigenvalue weighted by atomic mass is 9.91. The summed E-state index contributed by atoms with van der Waals surface area (Å²) in [4.78, 5) is 30.4. The molecular formula is C19H21N3O4. The molecule has 0 aromatic heterocycles. The average Bonchev–Trinajstić information content (AvgIpc) is 2.65. The van der Waals surface area contributed by atoms with E-state index in [0.717, 1.165) is 5.75 Å². The summed E-state index contributed by atoms with van der Waals surface area (Å²) in [5, 5.41) is 2.84. The number of nitrogens with zero attached hydrogens (tertiary/aromatic N) is 2. The van der Waals surface area contributed by atoms with Crippen molar-refractivity contribution in [3.63, 3.8) is 0 Å².